The van der Waals surface area contributed by atoms with Crippen molar-refractivity contribution in [3.63, 3.8) is 0 Å². The number of fused-ring (bicyclic) bond motifs is 3. The monoisotopic (exact) mass is 386 g/mol. The summed E-state index contributed by atoms with van der Waals surface area (Å²) in [5.74, 6) is 1.89. The number of rotatable bonds is 1. The molecule has 3 heteroatoms. The highest BCUT2D eigenvalue weighted by Crippen LogP contribution is 2.51. The minimum Gasteiger partial charge on any atom is -0.457 e. The quantitative estimate of drug-likeness (QED) is 0.300. The van der Waals surface area contributed by atoms with Gasteiger partial charge in [-0.2, -0.15) is 4.57 Å². The Balaban J connectivity index is 1.99. The molecule has 3 nitrogen and oxygen atoms in total. The zero-order valence-electron chi connectivity index (χ0n) is 18.4. The predicted octanol–water partition coefficient (Wildman–Crippen LogP) is 6.70. The first-order valence-corrected chi connectivity index (χ1v) is 10.3. The van der Waals surface area contributed by atoms with Crippen LogP contribution >= 0.6 is 0 Å². The fourth-order valence-electron chi connectivity index (χ4n) is 4.77. The van der Waals surface area contributed by atoms with Crippen molar-refractivity contribution in [1.29, 1.82) is 0 Å². The van der Waals surface area contributed by atoms with E-state index >= 15 is 0 Å². The normalized spacial score (nSPS) is 13.1. The highest BCUT2D eigenvalue weighted by molar-refractivity contribution is 6.05. The van der Waals surface area contributed by atoms with Crippen LogP contribution in [-0.4, -0.2) is 0 Å². The Morgan fingerprint density at radius 3 is 2.52 bits per heavy atom. The van der Waals surface area contributed by atoms with Gasteiger partial charge in [-0.15, -0.1) is 0 Å². The molecule has 0 amide bonds. The molecule has 3 heterocycles. The van der Waals surface area contributed by atoms with Gasteiger partial charge in [0.2, 0.25) is 11.3 Å². The molecule has 2 aromatic heterocycles. The smallest absolute Gasteiger partial charge is 0.257 e. The number of ether oxygens (including phenoxy) is 1. The molecule has 0 aliphatic carbocycles. The zero-order valence-corrected chi connectivity index (χ0v) is 18.4. The second-order valence-corrected chi connectivity index (χ2v) is 9.74. The van der Waals surface area contributed by atoms with Crippen molar-refractivity contribution < 1.29 is 13.7 Å². The van der Waals surface area contributed by atoms with Crippen LogP contribution in [0.4, 0.5) is 0 Å². The molecular formula is C26H28NO2+. The summed E-state index contributed by atoms with van der Waals surface area (Å²) in [6, 6.07) is 8.77. The summed E-state index contributed by atoms with van der Waals surface area (Å²) in [4.78, 5) is 0. The summed E-state index contributed by atoms with van der Waals surface area (Å²) in [5, 5.41) is 2.46. The molecule has 0 N–H and O–H groups in total. The number of nitrogens with zero attached hydrogens (tertiary/aromatic N) is 1. The standard InChI is InChI=1S/C26H28NO2/c1-14-10-17-12-15(2)16(3)21-22(17)20(11-14)29-25-18(13-26(4,5)6)24-19(8-9-28-24)27(7)23(21)25/h8-12H,13H2,1-7H3/q+1. The second-order valence-electron chi connectivity index (χ2n) is 9.74. The lowest BCUT2D eigenvalue weighted by Gasteiger charge is -2.26. The number of aromatic nitrogens is 1. The summed E-state index contributed by atoms with van der Waals surface area (Å²) >= 11 is 0. The SMILES string of the molecule is Cc1cc2c3c(c(C)c(C)cc3c1)-c1c(c(CC(C)(C)C)c3occc3[n+]1C)O2. The molecule has 148 valence electrons. The van der Waals surface area contributed by atoms with E-state index in [0.717, 1.165) is 40.3 Å². The van der Waals surface area contributed by atoms with Gasteiger partial charge in [0.15, 0.2) is 0 Å². The second kappa shape index (κ2) is 5.85. The first kappa shape index (κ1) is 18.2. The summed E-state index contributed by atoms with van der Waals surface area (Å²) < 4.78 is 14.9. The molecule has 4 aromatic rings. The van der Waals surface area contributed by atoms with Crippen LogP contribution in [0, 0.1) is 26.2 Å². The lowest BCUT2D eigenvalue weighted by atomic mass is 9.84. The van der Waals surface area contributed by atoms with E-state index in [4.69, 9.17) is 9.15 Å². The molecule has 1 aliphatic heterocycles. The maximum atomic E-state index is 6.68. The van der Waals surface area contributed by atoms with Crippen LogP contribution in [0.2, 0.25) is 0 Å². The van der Waals surface area contributed by atoms with Crippen molar-refractivity contribution in [3.05, 3.63) is 52.8 Å². The van der Waals surface area contributed by atoms with E-state index in [1.807, 2.05) is 0 Å². The molecule has 5 rings (SSSR count). The third-order valence-corrected chi connectivity index (χ3v) is 6.13. The highest BCUT2D eigenvalue weighted by Gasteiger charge is 2.36. The molecule has 2 aromatic carbocycles. The third kappa shape index (κ3) is 2.60. The lowest BCUT2D eigenvalue weighted by molar-refractivity contribution is -0.634. The Labute approximate surface area is 171 Å². The fraction of sp³-hybridized carbons (Fsp3) is 0.346. The largest absolute Gasteiger partial charge is 0.457 e. The first-order chi connectivity index (χ1) is 13.7. The Morgan fingerprint density at radius 1 is 1.03 bits per heavy atom. The molecule has 0 bridgehead atoms. The molecule has 0 saturated carbocycles. The minimum absolute atomic E-state index is 0.112. The third-order valence-electron chi connectivity index (χ3n) is 6.13. The van der Waals surface area contributed by atoms with E-state index in [1.165, 1.54) is 33.0 Å². The Hall–Kier alpha value is -2.81. The van der Waals surface area contributed by atoms with Crippen LogP contribution in [-0.2, 0) is 13.5 Å². The average Bonchev–Trinajstić information content (AvgIpc) is 3.11. The van der Waals surface area contributed by atoms with E-state index in [1.54, 1.807) is 6.26 Å². The van der Waals surface area contributed by atoms with Crippen molar-refractivity contribution in [2.75, 3.05) is 0 Å². The molecule has 0 radical (unpaired) electrons. The van der Waals surface area contributed by atoms with Crippen LogP contribution in [0.5, 0.6) is 11.5 Å². The number of hydrogen-bond acceptors (Lipinski definition) is 2. The summed E-state index contributed by atoms with van der Waals surface area (Å²) in [6.07, 6.45) is 2.67. The lowest BCUT2D eigenvalue weighted by Crippen LogP contribution is -2.34. The summed E-state index contributed by atoms with van der Waals surface area (Å²) in [5.41, 5.74) is 9.58. The minimum atomic E-state index is 0.112. The van der Waals surface area contributed by atoms with Gasteiger partial charge < -0.3 is 9.15 Å². The van der Waals surface area contributed by atoms with Gasteiger partial charge in [-0.3, -0.25) is 0 Å². The molecule has 0 fully saturated rings. The molecule has 0 saturated heterocycles. The van der Waals surface area contributed by atoms with Gasteiger partial charge >= 0.3 is 0 Å². The number of benzene rings is 2. The fourth-order valence-corrected chi connectivity index (χ4v) is 4.77. The Morgan fingerprint density at radius 2 is 1.79 bits per heavy atom. The Kier molecular flexibility index (Phi) is 3.68. The predicted molar refractivity (Wildman–Crippen MR) is 118 cm³/mol. The summed E-state index contributed by atoms with van der Waals surface area (Å²) in [7, 11) is 2.12. The van der Waals surface area contributed by atoms with Crippen LogP contribution in [0.1, 0.15) is 43.0 Å². The molecule has 1 aliphatic rings. The van der Waals surface area contributed by atoms with Crippen molar-refractivity contribution in [1.82, 2.24) is 0 Å². The number of furan rings is 1. The topological polar surface area (TPSA) is 26.2 Å². The van der Waals surface area contributed by atoms with E-state index in [0.29, 0.717) is 0 Å². The van der Waals surface area contributed by atoms with Crippen molar-refractivity contribution in [3.8, 4) is 22.8 Å². The number of aryl methyl sites for hydroxylation is 3. The van der Waals surface area contributed by atoms with Crippen molar-refractivity contribution in [2.45, 2.75) is 48.0 Å². The maximum Gasteiger partial charge on any atom is 0.257 e. The van der Waals surface area contributed by atoms with E-state index in [2.05, 4.69) is 77.4 Å². The Bertz CT molecular complexity index is 1320. The van der Waals surface area contributed by atoms with E-state index in [-0.39, 0.29) is 5.41 Å². The molecule has 0 unspecified atom stereocenters. The molecule has 0 spiro atoms. The van der Waals surface area contributed by atoms with Crippen LogP contribution < -0.4 is 9.30 Å². The van der Waals surface area contributed by atoms with Gasteiger partial charge in [0.25, 0.3) is 11.2 Å². The van der Waals surface area contributed by atoms with Crippen LogP contribution in [0.25, 0.3) is 33.1 Å². The van der Waals surface area contributed by atoms with Crippen molar-refractivity contribution >= 4 is 21.9 Å². The highest BCUT2D eigenvalue weighted by atomic mass is 16.5. The molecule has 0 atom stereocenters. The zero-order chi connectivity index (χ0) is 20.7. The van der Waals surface area contributed by atoms with Crippen molar-refractivity contribution in [2.24, 2.45) is 12.5 Å². The van der Waals surface area contributed by atoms with Crippen LogP contribution in [0.15, 0.2) is 34.9 Å². The van der Waals surface area contributed by atoms with Gasteiger partial charge in [0.1, 0.15) is 12.8 Å². The van der Waals surface area contributed by atoms with E-state index < -0.39 is 0 Å². The van der Waals surface area contributed by atoms with Gasteiger partial charge in [-0.05, 0) is 60.7 Å². The first-order valence-electron chi connectivity index (χ1n) is 10.3. The molecule has 29 heavy (non-hydrogen) atoms. The number of hydrogen-bond donors (Lipinski definition) is 0. The molecular weight excluding hydrogens is 358 g/mol. The van der Waals surface area contributed by atoms with Gasteiger partial charge in [-0.25, -0.2) is 0 Å². The number of pyridine rings is 1. The van der Waals surface area contributed by atoms with Gasteiger partial charge in [-0.1, -0.05) is 32.9 Å². The van der Waals surface area contributed by atoms with Gasteiger partial charge in [0, 0.05) is 11.5 Å². The average molecular weight is 387 g/mol. The van der Waals surface area contributed by atoms with Gasteiger partial charge in [0.05, 0.1) is 17.4 Å². The van der Waals surface area contributed by atoms with Crippen LogP contribution in [0.3, 0.4) is 0 Å². The maximum absolute atomic E-state index is 6.68. The van der Waals surface area contributed by atoms with E-state index in [9.17, 15) is 0 Å². The summed E-state index contributed by atoms with van der Waals surface area (Å²) in [6.45, 7) is 13.4.